The maximum atomic E-state index is 13.6. The van der Waals surface area contributed by atoms with Crippen LogP contribution in [0, 0.1) is 5.82 Å². The molecule has 3 heteroatoms. The molecule has 0 fully saturated rings. The Morgan fingerprint density at radius 2 is 2.23 bits per heavy atom. The van der Waals surface area contributed by atoms with Crippen molar-refractivity contribution in [1.82, 2.24) is 0 Å². The Hall–Kier alpha value is -0.410. The van der Waals surface area contributed by atoms with Crippen molar-refractivity contribution in [2.24, 2.45) is 0 Å². The summed E-state index contributed by atoms with van der Waals surface area (Å²) in [4.78, 5) is 0.841. The van der Waals surface area contributed by atoms with Crippen molar-refractivity contribution in [3.05, 3.63) is 33.4 Å². The molecule has 0 unspecified atom stereocenters. The van der Waals surface area contributed by atoms with E-state index in [1.54, 1.807) is 0 Å². The van der Waals surface area contributed by atoms with Gasteiger partial charge in [0.15, 0.2) is 0 Å². The van der Waals surface area contributed by atoms with Gasteiger partial charge in [-0.2, -0.15) is 0 Å². The zero-order valence-electron chi connectivity index (χ0n) is 7.10. The molecular weight excluding hydrogens is 251 g/mol. The molecule has 0 spiro atoms. The van der Waals surface area contributed by atoms with Gasteiger partial charge < -0.3 is 0 Å². The van der Waals surface area contributed by atoms with Crippen LogP contribution in [0.3, 0.4) is 0 Å². The number of benzene rings is 1. The van der Waals surface area contributed by atoms with E-state index < -0.39 is 0 Å². The highest BCUT2D eigenvalue weighted by atomic mass is 79.9. The first-order valence-corrected chi connectivity index (χ1v) is 5.69. The van der Waals surface area contributed by atoms with Gasteiger partial charge in [0.25, 0.3) is 0 Å². The molecule has 1 heterocycles. The fourth-order valence-electron chi connectivity index (χ4n) is 1.32. The number of thiophene rings is 1. The Morgan fingerprint density at radius 3 is 2.92 bits per heavy atom. The average molecular weight is 259 g/mol. The van der Waals surface area contributed by atoms with Gasteiger partial charge in [-0.25, -0.2) is 4.39 Å². The lowest BCUT2D eigenvalue weighted by Crippen LogP contribution is -1.76. The highest BCUT2D eigenvalue weighted by molar-refractivity contribution is 9.10. The molecule has 0 saturated carbocycles. The van der Waals surface area contributed by atoms with Crippen LogP contribution >= 0.6 is 27.3 Å². The first-order chi connectivity index (χ1) is 6.22. The molecule has 1 aromatic heterocycles. The third-order valence-electron chi connectivity index (χ3n) is 1.98. The van der Waals surface area contributed by atoms with Gasteiger partial charge in [-0.1, -0.05) is 22.9 Å². The van der Waals surface area contributed by atoms with Crippen molar-refractivity contribution in [1.29, 1.82) is 0 Å². The summed E-state index contributed by atoms with van der Waals surface area (Å²) in [6.45, 7) is 1.98. The lowest BCUT2D eigenvalue weighted by atomic mass is 10.2. The minimum atomic E-state index is -0.0463. The lowest BCUT2D eigenvalue weighted by Gasteiger charge is -1.90. The topological polar surface area (TPSA) is 0 Å². The van der Waals surface area contributed by atoms with Crippen molar-refractivity contribution < 1.29 is 4.39 Å². The second-order valence-corrected chi connectivity index (χ2v) is 4.89. The number of fused-ring (bicyclic) bond motifs is 1. The van der Waals surface area contributed by atoms with E-state index in [1.165, 1.54) is 11.3 Å². The SMILES string of the molecule is CCc1sc2cc(Br)ccc2c1F. The van der Waals surface area contributed by atoms with E-state index in [2.05, 4.69) is 15.9 Å². The van der Waals surface area contributed by atoms with Gasteiger partial charge in [-0.3, -0.25) is 0 Å². The first-order valence-electron chi connectivity index (χ1n) is 4.08. The van der Waals surface area contributed by atoms with E-state index in [0.29, 0.717) is 0 Å². The van der Waals surface area contributed by atoms with Crippen LogP contribution in [0.1, 0.15) is 11.8 Å². The van der Waals surface area contributed by atoms with Gasteiger partial charge in [-0.05, 0) is 24.6 Å². The van der Waals surface area contributed by atoms with Gasteiger partial charge in [0.1, 0.15) is 5.82 Å². The first kappa shape index (κ1) is 9.16. The average Bonchev–Trinajstić information content (AvgIpc) is 2.42. The van der Waals surface area contributed by atoms with Crippen molar-refractivity contribution >= 4 is 37.4 Å². The minimum Gasteiger partial charge on any atom is -0.205 e. The predicted molar refractivity (Wildman–Crippen MR) is 58.9 cm³/mol. The van der Waals surface area contributed by atoms with Gasteiger partial charge in [-0.15, -0.1) is 11.3 Å². The summed E-state index contributed by atoms with van der Waals surface area (Å²) in [7, 11) is 0. The fraction of sp³-hybridized carbons (Fsp3) is 0.200. The minimum absolute atomic E-state index is 0.0463. The van der Waals surface area contributed by atoms with Crippen LogP contribution in [0.2, 0.25) is 0 Å². The van der Waals surface area contributed by atoms with E-state index in [9.17, 15) is 4.39 Å². The number of hydrogen-bond acceptors (Lipinski definition) is 1. The molecule has 0 aliphatic heterocycles. The van der Waals surface area contributed by atoms with Gasteiger partial charge in [0, 0.05) is 19.4 Å². The van der Waals surface area contributed by atoms with Crippen LogP contribution in [0.4, 0.5) is 4.39 Å². The molecule has 2 rings (SSSR count). The Kier molecular flexibility index (Phi) is 2.39. The molecule has 0 bridgehead atoms. The van der Waals surface area contributed by atoms with Crippen molar-refractivity contribution in [2.75, 3.05) is 0 Å². The summed E-state index contributed by atoms with van der Waals surface area (Å²) in [5.41, 5.74) is 0. The summed E-state index contributed by atoms with van der Waals surface area (Å²) in [5, 5.41) is 0.741. The molecule has 0 saturated heterocycles. The molecule has 2 aromatic rings. The summed E-state index contributed by atoms with van der Waals surface area (Å²) in [6, 6.07) is 5.66. The number of rotatable bonds is 1. The molecule has 0 aliphatic rings. The monoisotopic (exact) mass is 258 g/mol. The largest absolute Gasteiger partial charge is 0.205 e. The Bertz CT molecular complexity index is 447. The molecule has 0 radical (unpaired) electrons. The Balaban J connectivity index is 2.76. The molecule has 0 nitrogen and oxygen atoms in total. The maximum Gasteiger partial charge on any atom is 0.144 e. The van der Waals surface area contributed by atoms with Crippen LogP contribution in [-0.2, 0) is 6.42 Å². The number of aryl methyl sites for hydroxylation is 1. The lowest BCUT2D eigenvalue weighted by molar-refractivity contribution is 0.631. The molecule has 0 atom stereocenters. The van der Waals surface area contributed by atoms with Gasteiger partial charge in [0.2, 0.25) is 0 Å². The Labute approximate surface area is 88.5 Å². The van der Waals surface area contributed by atoms with E-state index in [1.807, 2.05) is 25.1 Å². The number of halogens is 2. The van der Waals surface area contributed by atoms with Crippen LogP contribution in [0.15, 0.2) is 22.7 Å². The zero-order chi connectivity index (χ0) is 9.42. The van der Waals surface area contributed by atoms with E-state index in [-0.39, 0.29) is 5.82 Å². The second kappa shape index (κ2) is 3.39. The molecule has 0 N–H and O–H groups in total. The molecule has 1 aromatic carbocycles. The third-order valence-corrected chi connectivity index (χ3v) is 3.74. The molecule has 0 aliphatic carbocycles. The molecule has 0 amide bonds. The molecule has 68 valence electrons. The van der Waals surface area contributed by atoms with Gasteiger partial charge >= 0.3 is 0 Å². The van der Waals surface area contributed by atoms with Crippen LogP contribution in [-0.4, -0.2) is 0 Å². The van der Waals surface area contributed by atoms with Gasteiger partial charge in [0.05, 0.1) is 0 Å². The summed E-state index contributed by atoms with van der Waals surface area (Å²) in [5.74, 6) is -0.0463. The van der Waals surface area contributed by atoms with Crippen molar-refractivity contribution in [2.45, 2.75) is 13.3 Å². The highest BCUT2D eigenvalue weighted by Crippen LogP contribution is 2.32. The Morgan fingerprint density at radius 1 is 1.46 bits per heavy atom. The summed E-state index contributed by atoms with van der Waals surface area (Å²) < 4.78 is 15.6. The van der Waals surface area contributed by atoms with Crippen molar-refractivity contribution in [3.8, 4) is 0 Å². The van der Waals surface area contributed by atoms with E-state index in [4.69, 9.17) is 0 Å². The van der Waals surface area contributed by atoms with E-state index >= 15 is 0 Å². The standard InChI is InChI=1S/C10H8BrFS/c1-2-8-10(12)7-4-3-6(11)5-9(7)13-8/h3-5H,2H2,1H3. The molecular formula is C10H8BrFS. The van der Waals surface area contributed by atoms with Crippen LogP contribution in [0.5, 0.6) is 0 Å². The second-order valence-electron chi connectivity index (χ2n) is 2.83. The molecule has 13 heavy (non-hydrogen) atoms. The van der Waals surface area contributed by atoms with Crippen LogP contribution in [0.25, 0.3) is 10.1 Å². The van der Waals surface area contributed by atoms with Crippen LogP contribution < -0.4 is 0 Å². The predicted octanol–water partition coefficient (Wildman–Crippen LogP) is 4.37. The highest BCUT2D eigenvalue weighted by Gasteiger charge is 2.09. The zero-order valence-corrected chi connectivity index (χ0v) is 9.51. The summed E-state index contributed by atoms with van der Waals surface area (Å²) >= 11 is 4.91. The van der Waals surface area contributed by atoms with Crippen molar-refractivity contribution in [3.63, 3.8) is 0 Å². The summed E-state index contributed by atoms with van der Waals surface area (Å²) in [6.07, 6.45) is 0.767. The fourth-order valence-corrected chi connectivity index (χ4v) is 2.89. The normalized spacial score (nSPS) is 11.0. The quantitative estimate of drug-likeness (QED) is 0.713. The maximum absolute atomic E-state index is 13.6. The van der Waals surface area contributed by atoms with E-state index in [0.717, 1.165) is 25.9 Å². The smallest absolute Gasteiger partial charge is 0.144 e. The number of hydrogen-bond donors (Lipinski definition) is 0. The third kappa shape index (κ3) is 1.51.